The van der Waals surface area contributed by atoms with Gasteiger partial charge in [-0.15, -0.1) is 0 Å². The number of carbonyl (C=O) groups excluding carboxylic acids is 1. The van der Waals surface area contributed by atoms with Crippen LogP contribution in [-0.2, 0) is 0 Å². The number of halogens is 2. The first kappa shape index (κ1) is 14.5. The summed E-state index contributed by atoms with van der Waals surface area (Å²) in [4.78, 5) is 12.3. The van der Waals surface area contributed by atoms with Crippen LogP contribution < -0.4 is 5.43 Å². The van der Waals surface area contributed by atoms with E-state index in [2.05, 4.69) is 10.5 Å². The number of hydrogen-bond donors (Lipinski definition) is 1. The van der Waals surface area contributed by atoms with Gasteiger partial charge in [0, 0.05) is 10.7 Å². The Hall–Kier alpha value is -1.06. The monoisotopic (exact) mass is 336 g/mol. The topological polar surface area (TPSA) is 41.5 Å². The van der Waals surface area contributed by atoms with Crippen molar-refractivity contribution in [3.63, 3.8) is 0 Å². The molecule has 22 heavy (non-hydrogen) atoms. The number of benzene rings is 1. The molecule has 4 aliphatic rings. The lowest BCUT2D eigenvalue weighted by molar-refractivity contribution is 0.0942. The molecule has 4 bridgehead atoms. The van der Waals surface area contributed by atoms with Crippen molar-refractivity contribution in [3.8, 4) is 0 Å². The molecule has 1 aromatic rings. The Morgan fingerprint density at radius 2 is 1.68 bits per heavy atom. The summed E-state index contributed by atoms with van der Waals surface area (Å²) in [7, 11) is 0. The number of nitrogens with zero attached hydrogens (tertiary/aromatic N) is 1. The Morgan fingerprint density at radius 1 is 1.05 bits per heavy atom. The number of hydrogen-bond acceptors (Lipinski definition) is 2. The lowest BCUT2D eigenvalue weighted by atomic mass is 9.55. The van der Waals surface area contributed by atoms with E-state index in [9.17, 15) is 4.79 Å². The maximum atomic E-state index is 12.3. The van der Waals surface area contributed by atoms with Gasteiger partial charge in [-0.25, -0.2) is 5.43 Å². The van der Waals surface area contributed by atoms with Crippen LogP contribution in [0.15, 0.2) is 23.3 Å². The van der Waals surface area contributed by atoms with E-state index >= 15 is 0 Å². The third kappa shape index (κ3) is 2.55. The summed E-state index contributed by atoms with van der Waals surface area (Å²) >= 11 is 11.9. The maximum absolute atomic E-state index is 12.3. The first-order chi connectivity index (χ1) is 10.6. The number of hydrazone groups is 1. The molecule has 4 aliphatic carbocycles. The van der Waals surface area contributed by atoms with Gasteiger partial charge in [0.25, 0.3) is 5.91 Å². The summed E-state index contributed by atoms with van der Waals surface area (Å²) in [5.41, 5.74) is 4.34. The molecular weight excluding hydrogens is 319 g/mol. The van der Waals surface area contributed by atoms with Crippen LogP contribution in [0.1, 0.15) is 42.5 Å². The Labute approximate surface area is 140 Å². The summed E-state index contributed by atoms with van der Waals surface area (Å²) in [6.07, 6.45) is 6.42. The molecule has 0 saturated heterocycles. The summed E-state index contributed by atoms with van der Waals surface area (Å²) in [6.45, 7) is 0. The lowest BCUT2D eigenvalue weighted by Gasteiger charge is -2.50. The van der Waals surface area contributed by atoms with Crippen LogP contribution in [0.4, 0.5) is 0 Å². The zero-order valence-corrected chi connectivity index (χ0v) is 13.7. The molecule has 0 spiro atoms. The second kappa shape index (κ2) is 5.54. The quantitative estimate of drug-likeness (QED) is 0.791. The molecule has 0 radical (unpaired) electrons. The summed E-state index contributed by atoms with van der Waals surface area (Å²) < 4.78 is 0. The third-order valence-electron chi connectivity index (χ3n) is 5.44. The fourth-order valence-electron chi connectivity index (χ4n) is 4.70. The van der Waals surface area contributed by atoms with E-state index in [0.717, 1.165) is 11.8 Å². The van der Waals surface area contributed by atoms with Crippen LogP contribution in [0.5, 0.6) is 0 Å². The minimum Gasteiger partial charge on any atom is -0.267 e. The average molecular weight is 337 g/mol. The van der Waals surface area contributed by atoms with E-state index in [1.807, 2.05) is 0 Å². The van der Waals surface area contributed by atoms with Crippen LogP contribution in [0.25, 0.3) is 0 Å². The number of carbonyl (C=O) groups is 1. The predicted octanol–water partition coefficient (Wildman–Crippen LogP) is 4.54. The Kier molecular flexibility index (Phi) is 3.66. The Bertz CT molecular complexity index is 626. The molecule has 5 rings (SSSR count). The molecule has 0 unspecified atom stereocenters. The zero-order chi connectivity index (χ0) is 15.3. The molecule has 1 N–H and O–H groups in total. The smallest absolute Gasteiger partial charge is 0.267 e. The van der Waals surface area contributed by atoms with E-state index in [4.69, 9.17) is 23.2 Å². The van der Waals surface area contributed by atoms with Crippen molar-refractivity contribution in [2.75, 3.05) is 0 Å². The zero-order valence-electron chi connectivity index (χ0n) is 12.2. The second-order valence-electron chi connectivity index (χ2n) is 6.91. The van der Waals surface area contributed by atoms with Gasteiger partial charge in [-0.05, 0) is 74.0 Å². The Morgan fingerprint density at radius 3 is 2.27 bits per heavy atom. The highest BCUT2D eigenvalue weighted by Gasteiger charge is 2.46. The minimum atomic E-state index is -0.261. The molecule has 3 nitrogen and oxygen atoms in total. The molecule has 0 aromatic heterocycles. The van der Waals surface area contributed by atoms with Gasteiger partial charge in [-0.1, -0.05) is 23.2 Å². The molecule has 4 fully saturated rings. The molecule has 0 heterocycles. The van der Waals surface area contributed by atoms with Crippen molar-refractivity contribution >= 4 is 34.8 Å². The Balaban J connectivity index is 1.51. The summed E-state index contributed by atoms with van der Waals surface area (Å²) in [5, 5.41) is 5.37. The third-order valence-corrected chi connectivity index (χ3v) is 5.98. The molecule has 116 valence electrons. The largest absolute Gasteiger partial charge is 0.272 e. The van der Waals surface area contributed by atoms with Gasteiger partial charge in [0.2, 0.25) is 0 Å². The van der Waals surface area contributed by atoms with E-state index in [1.165, 1.54) is 37.8 Å². The van der Waals surface area contributed by atoms with Gasteiger partial charge in [0.1, 0.15) is 0 Å². The molecule has 0 atom stereocenters. The molecule has 1 amide bonds. The highest BCUT2D eigenvalue weighted by Crippen LogP contribution is 2.52. The van der Waals surface area contributed by atoms with E-state index < -0.39 is 0 Å². The molecule has 1 aromatic carbocycles. The van der Waals surface area contributed by atoms with Crippen molar-refractivity contribution in [2.45, 2.75) is 32.1 Å². The van der Waals surface area contributed by atoms with Crippen molar-refractivity contribution in [1.82, 2.24) is 5.43 Å². The van der Waals surface area contributed by atoms with Gasteiger partial charge in [-0.3, -0.25) is 4.79 Å². The second-order valence-corrected chi connectivity index (χ2v) is 7.75. The van der Waals surface area contributed by atoms with Crippen LogP contribution in [0, 0.1) is 23.7 Å². The number of amides is 1. The van der Waals surface area contributed by atoms with Gasteiger partial charge < -0.3 is 0 Å². The molecular formula is C17H18Cl2N2O. The van der Waals surface area contributed by atoms with Crippen molar-refractivity contribution in [2.24, 2.45) is 28.8 Å². The maximum Gasteiger partial charge on any atom is 0.272 e. The number of nitrogens with one attached hydrogen (secondary N) is 1. The highest BCUT2D eigenvalue weighted by molar-refractivity contribution is 6.36. The van der Waals surface area contributed by atoms with Crippen LogP contribution >= 0.6 is 23.2 Å². The SMILES string of the molecule is O=C(NN=C1C2CC3CC(C2)CC1C3)c1ccc(Cl)cc1Cl. The van der Waals surface area contributed by atoms with Gasteiger partial charge in [0.15, 0.2) is 0 Å². The molecule has 0 aliphatic heterocycles. The van der Waals surface area contributed by atoms with E-state index in [1.54, 1.807) is 18.2 Å². The minimum absolute atomic E-state index is 0.261. The fourth-order valence-corrected chi connectivity index (χ4v) is 5.19. The van der Waals surface area contributed by atoms with Gasteiger partial charge in [0.05, 0.1) is 10.6 Å². The van der Waals surface area contributed by atoms with Crippen molar-refractivity contribution < 1.29 is 4.79 Å². The standard InChI is InChI=1S/C17H18Cl2N2O/c18-13-1-2-14(15(19)8-13)17(22)21-20-16-11-4-9-3-10(6-11)7-12(16)5-9/h1-2,8-12H,3-7H2,(H,21,22). The lowest BCUT2D eigenvalue weighted by Crippen LogP contribution is -2.46. The highest BCUT2D eigenvalue weighted by atomic mass is 35.5. The van der Waals surface area contributed by atoms with E-state index in [-0.39, 0.29) is 5.91 Å². The molecule has 4 saturated carbocycles. The summed E-state index contributed by atoms with van der Waals surface area (Å²) in [5.74, 6) is 2.68. The fraction of sp³-hybridized carbons (Fsp3) is 0.529. The number of rotatable bonds is 2. The average Bonchev–Trinajstić information content (AvgIpc) is 2.45. The van der Waals surface area contributed by atoms with Gasteiger partial charge in [-0.2, -0.15) is 5.10 Å². The normalized spacial score (nSPS) is 32.2. The van der Waals surface area contributed by atoms with Crippen molar-refractivity contribution in [3.05, 3.63) is 33.8 Å². The first-order valence-electron chi connectivity index (χ1n) is 7.93. The molecule has 5 heteroatoms. The summed E-state index contributed by atoms with van der Waals surface area (Å²) in [6, 6.07) is 4.88. The van der Waals surface area contributed by atoms with Gasteiger partial charge >= 0.3 is 0 Å². The van der Waals surface area contributed by atoms with Crippen LogP contribution in [0.3, 0.4) is 0 Å². The van der Waals surface area contributed by atoms with Crippen LogP contribution in [0.2, 0.25) is 10.0 Å². The van der Waals surface area contributed by atoms with Crippen molar-refractivity contribution in [1.29, 1.82) is 0 Å². The van der Waals surface area contributed by atoms with Crippen LogP contribution in [-0.4, -0.2) is 11.6 Å². The van der Waals surface area contributed by atoms with E-state index in [0.29, 0.717) is 27.4 Å². The first-order valence-corrected chi connectivity index (χ1v) is 8.68. The predicted molar refractivity (Wildman–Crippen MR) is 88.4 cm³/mol.